The lowest BCUT2D eigenvalue weighted by molar-refractivity contribution is 0.580. The molecule has 0 fully saturated rings. The summed E-state index contributed by atoms with van der Waals surface area (Å²) in [6.45, 7) is 0. The van der Waals surface area contributed by atoms with Crippen molar-refractivity contribution in [3.8, 4) is 0 Å². The molecule has 17 heavy (non-hydrogen) atoms. The number of rotatable bonds is 0. The molecule has 88 valence electrons. The molecule has 0 saturated heterocycles. The van der Waals surface area contributed by atoms with Gasteiger partial charge in [-0.2, -0.15) is 0 Å². The number of hydrogen-bond acceptors (Lipinski definition) is 3. The second-order valence-corrected chi connectivity index (χ2v) is 7.08. The number of anilines is 1. The van der Waals surface area contributed by atoms with Gasteiger partial charge in [0.25, 0.3) is 0 Å². The molecule has 0 spiro atoms. The highest BCUT2D eigenvalue weighted by Crippen LogP contribution is 2.36. The minimum atomic E-state index is -3.30. The predicted molar refractivity (Wildman–Crippen MR) is 71.0 cm³/mol. The number of allylic oxidation sites excluding steroid dienone is 2. The highest BCUT2D eigenvalue weighted by Gasteiger charge is 2.39. The van der Waals surface area contributed by atoms with Crippen molar-refractivity contribution in [2.24, 2.45) is 0 Å². The molecule has 0 aromatic heterocycles. The summed E-state index contributed by atoms with van der Waals surface area (Å²) in [6, 6.07) is 6.84. The van der Waals surface area contributed by atoms with Crippen LogP contribution in [0.25, 0.3) is 0 Å². The second kappa shape index (κ2) is 3.71. The Morgan fingerprint density at radius 2 is 2.00 bits per heavy atom. The van der Waals surface area contributed by atoms with Gasteiger partial charge in [-0.05, 0) is 18.2 Å². The third-order valence-corrected chi connectivity index (χ3v) is 5.66. The average Bonchev–Trinajstić information content (AvgIpc) is 2.31. The van der Waals surface area contributed by atoms with Gasteiger partial charge in [-0.25, -0.2) is 8.42 Å². The quantitative estimate of drug-likeness (QED) is 0.800. The van der Waals surface area contributed by atoms with Crippen molar-refractivity contribution in [1.82, 2.24) is 0 Å². The minimum absolute atomic E-state index is 0.184. The molecule has 1 aromatic rings. The molecular formula is C12H10BrNO2S. The van der Waals surface area contributed by atoms with E-state index in [4.69, 9.17) is 0 Å². The first-order chi connectivity index (χ1) is 8.09. The maximum absolute atomic E-state index is 12.4. The van der Waals surface area contributed by atoms with E-state index in [0.29, 0.717) is 10.6 Å². The zero-order chi connectivity index (χ0) is 12.0. The first kappa shape index (κ1) is 11.0. The van der Waals surface area contributed by atoms with Crippen LogP contribution in [0.5, 0.6) is 0 Å². The number of nitrogens with one attached hydrogen (secondary N) is 1. The summed E-state index contributed by atoms with van der Waals surface area (Å²) >= 11 is 3.32. The molecule has 0 saturated carbocycles. The molecule has 2 atom stereocenters. The fourth-order valence-electron chi connectivity index (χ4n) is 2.19. The maximum atomic E-state index is 12.4. The lowest BCUT2D eigenvalue weighted by Gasteiger charge is -2.32. The third-order valence-electron chi connectivity index (χ3n) is 3.01. The Hall–Kier alpha value is -1.07. The van der Waals surface area contributed by atoms with Crippen LogP contribution in [0.3, 0.4) is 0 Å². The van der Waals surface area contributed by atoms with Gasteiger partial charge in [0.2, 0.25) is 0 Å². The monoisotopic (exact) mass is 311 g/mol. The van der Waals surface area contributed by atoms with Crippen LogP contribution in [-0.4, -0.2) is 19.7 Å². The number of fused-ring (bicyclic) bond motifs is 2. The summed E-state index contributed by atoms with van der Waals surface area (Å²) in [4.78, 5) is 0.383. The SMILES string of the molecule is O=S1(=O)c2ccccc2NC2C=CC(Br)=CC21. The van der Waals surface area contributed by atoms with Crippen LogP contribution in [0.1, 0.15) is 0 Å². The van der Waals surface area contributed by atoms with Gasteiger partial charge in [0.05, 0.1) is 16.6 Å². The maximum Gasteiger partial charge on any atom is 0.189 e. The number of halogens is 1. The molecule has 0 bridgehead atoms. The summed E-state index contributed by atoms with van der Waals surface area (Å²) in [7, 11) is -3.30. The number of hydrogen-bond donors (Lipinski definition) is 1. The van der Waals surface area contributed by atoms with Crippen LogP contribution >= 0.6 is 15.9 Å². The largest absolute Gasteiger partial charge is 0.376 e. The fourth-order valence-corrected chi connectivity index (χ4v) is 4.67. The molecule has 5 heteroatoms. The summed E-state index contributed by atoms with van der Waals surface area (Å²) < 4.78 is 25.7. The number of benzene rings is 1. The molecule has 2 unspecified atom stereocenters. The van der Waals surface area contributed by atoms with Gasteiger partial charge in [0, 0.05) is 4.48 Å². The van der Waals surface area contributed by atoms with Crippen molar-refractivity contribution < 1.29 is 8.42 Å². The predicted octanol–water partition coefficient (Wildman–Crippen LogP) is 2.47. The molecule has 3 nitrogen and oxygen atoms in total. The van der Waals surface area contributed by atoms with Gasteiger partial charge in [0.15, 0.2) is 9.84 Å². The molecule has 1 N–H and O–H groups in total. The van der Waals surface area contributed by atoms with Crippen molar-refractivity contribution in [1.29, 1.82) is 0 Å². The van der Waals surface area contributed by atoms with Crippen LogP contribution < -0.4 is 5.32 Å². The van der Waals surface area contributed by atoms with Gasteiger partial charge in [-0.3, -0.25) is 0 Å². The van der Waals surface area contributed by atoms with Crippen LogP contribution in [0, 0.1) is 0 Å². The standard InChI is InChI=1S/C12H10BrNO2S/c13-8-5-6-10-12(7-8)17(15,16)11-4-2-1-3-9(11)14-10/h1-7,10,12,14H. The number of para-hydroxylation sites is 1. The summed E-state index contributed by atoms with van der Waals surface area (Å²) in [5.41, 5.74) is 0.685. The molecule has 1 aliphatic heterocycles. The molecule has 1 aromatic carbocycles. The highest BCUT2D eigenvalue weighted by atomic mass is 79.9. The molecule has 1 aliphatic carbocycles. The minimum Gasteiger partial charge on any atom is -0.376 e. The first-order valence-electron chi connectivity index (χ1n) is 5.24. The van der Waals surface area contributed by atoms with Gasteiger partial charge in [0.1, 0.15) is 5.25 Å². The van der Waals surface area contributed by atoms with E-state index in [0.717, 1.165) is 4.48 Å². The van der Waals surface area contributed by atoms with Crippen molar-refractivity contribution in [2.75, 3.05) is 5.32 Å². The van der Waals surface area contributed by atoms with Crippen molar-refractivity contribution in [3.63, 3.8) is 0 Å². The fraction of sp³-hybridized carbons (Fsp3) is 0.167. The number of sulfone groups is 1. The first-order valence-corrected chi connectivity index (χ1v) is 7.58. The molecule has 2 aliphatic rings. The topological polar surface area (TPSA) is 46.2 Å². The van der Waals surface area contributed by atoms with Crippen LogP contribution in [0.4, 0.5) is 5.69 Å². The van der Waals surface area contributed by atoms with E-state index in [1.807, 2.05) is 18.2 Å². The molecule has 0 radical (unpaired) electrons. The summed E-state index contributed by atoms with van der Waals surface area (Å²) in [5, 5.41) is 2.71. The average molecular weight is 312 g/mol. The lowest BCUT2D eigenvalue weighted by atomic mass is 10.1. The molecule has 1 heterocycles. The molecule has 3 rings (SSSR count). The van der Waals surface area contributed by atoms with Crippen LogP contribution in [-0.2, 0) is 9.84 Å². The lowest BCUT2D eigenvalue weighted by Crippen LogP contribution is -2.42. The third kappa shape index (κ3) is 1.65. The van der Waals surface area contributed by atoms with E-state index in [1.54, 1.807) is 24.3 Å². The Balaban J connectivity index is 2.22. The molecular weight excluding hydrogens is 302 g/mol. The summed E-state index contributed by atoms with van der Waals surface area (Å²) in [5.74, 6) is 0. The van der Waals surface area contributed by atoms with Crippen molar-refractivity contribution in [3.05, 3.63) is 47.0 Å². The Kier molecular flexibility index (Phi) is 2.41. The highest BCUT2D eigenvalue weighted by molar-refractivity contribution is 9.11. The Morgan fingerprint density at radius 1 is 1.24 bits per heavy atom. The van der Waals surface area contributed by atoms with Gasteiger partial charge >= 0.3 is 0 Å². The van der Waals surface area contributed by atoms with Gasteiger partial charge in [-0.1, -0.05) is 40.2 Å². The Morgan fingerprint density at radius 3 is 2.82 bits per heavy atom. The van der Waals surface area contributed by atoms with E-state index in [1.165, 1.54) is 0 Å². The van der Waals surface area contributed by atoms with Gasteiger partial charge in [-0.15, -0.1) is 0 Å². The van der Waals surface area contributed by atoms with Crippen molar-refractivity contribution in [2.45, 2.75) is 16.2 Å². The van der Waals surface area contributed by atoms with Gasteiger partial charge < -0.3 is 5.32 Å². The van der Waals surface area contributed by atoms with Crippen LogP contribution in [0.15, 0.2) is 51.9 Å². The van der Waals surface area contributed by atoms with E-state index in [-0.39, 0.29) is 6.04 Å². The normalized spacial score (nSPS) is 28.6. The van der Waals surface area contributed by atoms with E-state index >= 15 is 0 Å². The smallest absolute Gasteiger partial charge is 0.189 e. The Bertz CT molecular complexity index is 634. The molecule has 0 amide bonds. The zero-order valence-corrected chi connectivity index (χ0v) is 11.2. The van der Waals surface area contributed by atoms with Crippen molar-refractivity contribution >= 4 is 31.5 Å². The summed E-state index contributed by atoms with van der Waals surface area (Å²) in [6.07, 6.45) is 5.49. The van der Waals surface area contributed by atoms with Crippen LogP contribution in [0.2, 0.25) is 0 Å². The zero-order valence-electron chi connectivity index (χ0n) is 8.80. The Labute approximate surface area is 108 Å². The van der Waals surface area contributed by atoms with E-state index in [9.17, 15) is 8.42 Å². The van der Waals surface area contributed by atoms with E-state index < -0.39 is 15.1 Å². The second-order valence-electron chi connectivity index (χ2n) is 4.09. The van der Waals surface area contributed by atoms with E-state index in [2.05, 4.69) is 21.2 Å².